The largest absolute Gasteiger partial charge is 0.351 e. The molecule has 0 saturated heterocycles. The Bertz CT molecular complexity index is 700. The highest BCUT2D eigenvalue weighted by Gasteiger charge is 2.30. The van der Waals surface area contributed by atoms with Gasteiger partial charge in [-0.15, -0.1) is 0 Å². The van der Waals surface area contributed by atoms with E-state index in [1.807, 2.05) is 0 Å². The molecular weight excluding hydrogens is 380 g/mol. The summed E-state index contributed by atoms with van der Waals surface area (Å²) in [5.41, 5.74) is 1.90. The number of aromatic nitrogens is 3. The molecule has 8 heteroatoms. The molecule has 4 N–H and O–H groups in total. The molecule has 0 saturated carbocycles. The lowest BCUT2D eigenvalue weighted by atomic mass is 9.94. The van der Waals surface area contributed by atoms with Crippen molar-refractivity contribution in [2.45, 2.75) is 12.3 Å². The summed E-state index contributed by atoms with van der Waals surface area (Å²) < 4.78 is 1.53. The van der Waals surface area contributed by atoms with Gasteiger partial charge in [0, 0.05) is 29.9 Å². The number of carbonyl (C=O) groups is 1. The van der Waals surface area contributed by atoms with E-state index >= 15 is 0 Å². The third-order valence-corrected chi connectivity index (χ3v) is 5.17. The summed E-state index contributed by atoms with van der Waals surface area (Å²) in [6.45, 7) is 0.559. The summed E-state index contributed by atoms with van der Waals surface area (Å²) in [7, 11) is 0. The van der Waals surface area contributed by atoms with Gasteiger partial charge < -0.3 is 20.3 Å². The van der Waals surface area contributed by atoms with E-state index in [4.69, 9.17) is 0 Å². The summed E-state index contributed by atoms with van der Waals surface area (Å²) in [6, 6.07) is 0. The second kappa shape index (κ2) is 4.68. The van der Waals surface area contributed by atoms with Crippen LogP contribution >= 0.6 is 31.9 Å². The van der Waals surface area contributed by atoms with Crippen LogP contribution in [0, 0.1) is 0 Å². The van der Waals surface area contributed by atoms with Crippen LogP contribution in [0.15, 0.2) is 20.1 Å². The fourth-order valence-electron chi connectivity index (χ4n) is 2.37. The molecule has 2 aromatic rings. The second-order valence-corrected chi connectivity index (χ2v) is 5.92. The van der Waals surface area contributed by atoms with Crippen molar-refractivity contribution in [1.29, 1.82) is 0 Å². The number of carbonyl (C=O) groups excluding carboxylic acids is 1. The predicted octanol–water partition coefficient (Wildman–Crippen LogP) is 1.82. The zero-order valence-corrected chi connectivity index (χ0v) is 12.8. The van der Waals surface area contributed by atoms with Crippen molar-refractivity contribution in [1.82, 2.24) is 20.3 Å². The molecule has 0 radical (unpaired) electrons. The zero-order valence-electron chi connectivity index (χ0n) is 9.64. The van der Waals surface area contributed by atoms with Gasteiger partial charge in [-0.2, -0.15) is 0 Å². The highest BCUT2D eigenvalue weighted by Crippen LogP contribution is 2.39. The first-order valence-corrected chi connectivity index (χ1v) is 7.29. The van der Waals surface area contributed by atoms with Crippen LogP contribution in [0.3, 0.4) is 0 Å². The number of halogens is 2. The van der Waals surface area contributed by atoms with Gasteiger partial charge in [-0.3, -0.25) is 4.79 Å². The number of rotatable bonds is 1. The van der Waals surface area contributed by atoms with E-state index in [1.165, 1.54) is 0 Å². The Morgan fingerprint density at radius 1 is 1.21 bits per heavy atom. The normalized spacial score (nSPS) is 18.8. The molecule has 1 unspecified atom stereocenters. The third-order valence-electron chi connectivity index (χ3n) is 3.22. The Morgan fingerprint density at radius 2 is 2.00 bits per heavy atom. The third kappa shape index (κ3) is 2.08. The number of hydrogen-bond acceptors (Lipinski definition) is 2. The fourth-order valence-corrected chi connectivity index (χ4v) is 3.36. The van der Waals surface area contributed by atoms with Crippen molar-refractivity contribution in [2.24, 2.45) is 0 Å². The van der Waals surface area contributed by atoms with Crippen LogP contribution in [-0.2, 0) is 0 Å². The zero-order chi connectivity index (χ0) is 13.6. The Morgan fingerprint density at radius 3 is 2.68 bits per heavy atom. The molecule has 2 aromatic heterocycles. The van der Waals surface area contributed by atoms with E-state index in [0.29, 0.717) is 12.2 Å². The first-order chi connectivity index (χ1) is 9.08. The van der Waals surface area contributed by atoms with Gasteiger partial charge in [0.2, 0.25) is 0 Å². The smallest absolute Gasteiger partial charge is 0.323 e. The Labute approximate surface area is 124 Å². The van der Waals surface area contributed by atoms with Gasteiger partial charge in [-0.05, 0) is 38.3 Å². The minimum Gasteiger partial charge on any atom is -0.351 e. The Kier molecular flexibility index (Phi) is 3.14. The summed E-state index contributed by atoms with van der Waals surface area (Å²) in [4.78, 5) is 31.6. The summed E-state index contributed by atoms with van der Waals surface area (Å²) in [5.74, 6) is -0.188. The molecule has 1 aliphatic heterocycles. The van der Waals surface area contributed by atoms with Crippen LogP contribution in [0.4, 0.5) is 0 Å². The van der Waals surface area contributed by atoms with Crippen LogP contribution < -0.4 is 11.0 Å². The number of hydrogen-bond donors (Lipinski definition) is 4. The average Bonchev–Trinajstić information content (AvgIpc) is 2.87. The first-order valence-electron chi connectivity index (χ1n) is 5.70. The lowest BCUT2D eigenvalue weighted by molar-refractivity contribution is 0.0951. The standard InChI is InChI=1S/C11H10Br2N4O2/c12-7-6-4(5-3-15-11(19)16-5)1-2-14-10(18)8(6)17-9(7)13/h3-4,17H,1-2H2,(H,14,18)(H2,15,16,19). The van der Waals surface area contributed by atoms with E-state index in [1.54, 1.807) is 6.20 Å². The number of nitrogens with one attached hydrogen (secondary N) is 4. The molecule has 19 heavy (non-hydrogen) atoms. The molecule has 0 spiro atoms. The molecular formula is C11H10Br2N4O2. The van der Waals surface area contributed by atoms with Crippen molar-refractivity contribution >= 4 is 37.8 Å². The second-order valence-electron chi connectivity index (χ2n) is 4.34. The first kappa shape index (κ1) is 12.7. The quantitative estimate of drug-likeness (QED) is 0.598. The van der Waals surface area contributed by atoms with E-state index in [2.05, 4.69) is 52.1 Å². The van der Waals surface area contributed by atoms with Gasteiger partial charge in [-0.1, -0.05) is 0 Å². The number of aromatic amines is 3. The highest BCUT2D eigenvalue weighted by atomic mass is 79.9. The minimum absolute atomic E-state index is 0.0511. The molecule has 100 valence electrons. The molecule has 1 aliphatic rings. The van der Waals surface area contributed by atoms with E-state index in [9.17, 15) is 9.59 Å². The molecule has 1 amide bonds. The number of H-pyrrole nitrogens is 3. The Balaban J connectivity index is 2.19. The van der Waals surface area contributed by atoms with Crippen LogP contribution in [0.25, 0.3) is 0 Å². The highest BCUT2D eigenvalue weighted by molar-refractivity contribution is 9.13. The van der Waals surface area contributed by atoms with Crippen LogP contribution in [-0.4, -0.2) is 27.4 Å². The van der Waals surface area contributed by atoms with E-state index < -0.39 is 0 Å². The summed E-state index contributed by atoms with van der Waals surface area (Å²) >= 11 is 6.85. The lowest BCUT2D eigenvalue weighted by Crippen LogP contribution is -2.23. The number of fused-ring (bicyclic) bond motifs is 1. The summed E-state index contributed by atoms with van der Waals surface area (Å²) in [6.07, 6.45) is 2.37. The molecule has 3 heterocycles. The molecule has 0 aromatic carbocycles. The fraction of sp³-hybridized carbons (Fsp3) is 0.273. The van der Waals surface area contributed by atoms with Gasteiger partial charge in [0.05, 0.1) is 9.08 Å². The Hall–Kier alpha value is -1.28. The topological polar surface area (TPSA) is 93.5 Å². The molecule has 0 fully saturated rings. The monoisotopic (exact) mass is 388 g/mol. The maximum Gasteiger partial charge on any atom is 0.323 e. The molecule has 0 bridgehead atoms. The molecule has 3 rings (SSSR count). The maximum atomic E-state index is 12.0. The van der Waals surface area contributed by atoms with Crippen molar-refractivity contribution in [2.75, 3.05) is 6.54 Å². The van der Waals surface area contributed by atoms with Gasteiger partial charge >= 0.3 is 5.69 Å². The molecule has 0 aliphatic carbocycles. The van der Waals surface area contributed by atoms with Crippen LogP contribution in [0.5, 0.6) is 0 Å². The van der Waals surface area contributed by atoms with Crippen molar-refractivity contribution in [3.8, 4) is 0 Å². The minimum atomic E-state index is -0.245. The lowest BCUT2D eigenvalue weighted by Gasteiger charge is -2.12. The predicted molar refractivity (Wildman–Crippen MR) is 76.4 cm³/mol. The van der Waals surface area contributed by atoms with Gasteiger partial charge in [0.25, 0.3) is 5.91 Å². The summed E-state index contributed by atoms with van der Waals surface area (Å²) in [5, 5.41) is 2.83. The van der Waals surface area contributed by atoms with Crippen molar-refractivity contribution in [3.05, 3.63) is 42.7 Å². The SMILES string of the molecule is O=C1NCCC(c2c[nH]c(=O)[nH]2)c2c1[nH]c(Br)c2Br. The van der Waals surface area contributed by atoms with E-state index in [-0.39, 0.29) is 17.5 Å². The van der Waals surface area contributed by atoms with Gasteiger partial charge in [0.1, 0.15) is 5.69 Å². The average molecular weight is 390 g/mol. The maximum absolute atomic E-state index is 12.0. The van der Waals surface area contributed by atoms with Crippen molar-refractivity contribution in [3.63, 3.8) is 0 Å². The van der Waals surface area contributed by atoms with Crippen LogP contribution in [0.1, 0.15) is 34.1 Å². The van der Waals surface area contributed by atoms with Gasteiger partial charge in [0.15, 0.2) is 0 Å². The van der Waals surface area contributed by atoms with Crippen LogP contribution in [0.2, 0.25) is 0 Å². The number of imidazole rings is 1. The van der Waals surface area contributed by atoms with Gasteiger partial charge in [-0.25, -0.2) is 4.79 Å². The van der Waals surface area contributed by atoms with Crippen molar-refractivity contribution < 1.29 is 4.79 Å². The van der Waals surface area contributed by atoms with E-state index in [0.717, 1.165) is 26.8 Å². The molecule has 1 atom stereocenters. The molecule has 6 nitrogen and oxygen atoms in total. The number of amides is 1.